The van der Waals surface area contributed by atoms with Gasteiger partial charge in [0.2, 0.25) is 5.78 Å². The summed E-state index contributed by atoms with van der Waals surface area (Å²) in [6.45, 7) is 0.182. The van der Waals surface area contributed by atoms with Gasteiger partial charge in [0.25, 0.3) is 0 Å². The van der Waals surface area contributed by atoms with Gasteiger partial charge < -0.3 is 5.73 Å². The number of carbonyl (C=O) groups excluding carboxylic acids is 1. The molecule has 0 saturated carbocycles. The Labute approximate surface area is 114 Å². The fraction of sp³-hybridized carbons (Fsp3) is 0.0909. The van der Waals surface area contributed by atoms with Gasteiger partial charge in [-0.25, -0.2) is 13.8 Å². The zero-order valence-electron chi connectivity index (χ0n) is 8.91. The second-order valence-corrected chi connectivity index (χ2v) is 5.17. The molecule has 7 heteroatoms. The number of rotatable bonds is 3. The summed E-state index contributed by atoms with van der Waals surface area (Å²) in [5, 5.41) is 1.97. The lowest BCUT2D eigenvalue weighted by Crippen LogP contribution is -2.09. The molecule has 0 unspecified atom stereocenters. The van der Waals surface area contributed by atoms with Crippen molar-refractivity contribution < 1.29 is 13.6 Å². The van der Waals surface area contributed by atoms with Gasteiger partial charge in [-0.3, -0.25) is 4.79 Å². The highest BCUT2D eigenvalue weighted by Gasteiger charge is 2.22. The highest BCUT2D eigenvalue weighted by atomic mass is 79.9. The topological polar surface area (TPSA) is 56.0 Å². The zero-order valence-corrected chi connectivity index (χ0v) is 11.3. The van der Waals surface area contributed by atoms with E-state index in [1.165, 1.54) is 22.8 Å². The molecule has 3 nitrogen and oxygen atoms in total. The molecule has 0 fully saturated rings. The van der Waals surface area contributed by atoms with Crippen LogP contribution in [0.4, 0.5) is 8.78 Å². The van der Waals surface area contributed by atoms with Gasteiger partial charge in [0.1, 0.15) is 16.5 Å². The Bertz CT molecular complexity index is 615. The molecular weight excluding hydrogens is 326 g/mol. The number of ketones is 1. The van der Waals surface area contributed by atoms with Gasteiger partial charge in [-0.1, -0.05) is 0 Å². The van der Waals surface area contributed by atoms with Crippen molar-refractivity contribution in [1.82, 2.24) is 4.98 Å². The molecule has 1 heterocycles. The minimum atomic E-state index is -0.928. The van der Waals surface area contributed by atoms with Crippen LogP contribution in [0.5, 0.6) is 0 Å². The standard InChI is InChI=1S/C11H7BrF2N2OS/c12-5-1-2-6(13)9(10(5)14)11(17)7-4-18-8(3-15)16-7/h1-2,4H,3,15H2. The molecule has 0 radical (unpaired) electrons. The van der Waals surface area contributed by atoms with Crippen LogP contribution in [0.2, 0.25) is 0 Å². The lowest BCUT2D eigenvalue weighted by molar-refractivity contribution is 0.102. The van der Waals surface area contributed by atoms with Crippen molar-refractivity contribution in [2.24, 2.45) is 5.73 Å². The maximum atomic E-state index is 13.7. The first kappa shape index (κ1) is 13.3. The SMILES string of the molecule is NCc1nc(C(=O)c2c(F)ccc(Br)c2F)cs1. The van der Waals surface area contributed by atoms with Crippen molar-refractivity contribution in [2.75, 3.05) is 0 Å². The maximum absolute atomic E-state index is 13.7. The Morgan fingerprint density at radius 2 is 2.17 bits per heavy atom. The lowest BCUT2D eigenvalue weighted by Gasteiger charge is -2.03. The molecule has 0 aliphatic heterocycles. The molecule has 1 aromatic carbocycles. The van der Waals surface area contributed by atoms with Gasteiger partial charge >= 0.3 is 0 Å². The van der Waals surface area contributed by atoms with Gasteiger partial charge in [-0.05, 0) is 28.1 Å². The van der Waals surface area contributed by atoms with Crippen LogP contribution < -0.4 is 5.73 Å². The van der Waals surface area contributed by atoms with Crippen LogP contribution in [0.3, 0.4) is 0 Å². The quantitative estimate of drug-likeness (QED) is 0.694. The van der Waals surface area contributed by atoms with Gasteiger partial charge in [0.05, 0.1) is 10.0 Å². The average Bonchev–Trinajstić information content (AvgIpc) is 2.83. The molecule has 0 aliphatic rings. The van der Waals surface area contributed by atoms with Crippen molar-refractivity contribution in [3.8, 4) is 0 Å². The maximum Gasteiger partial charge on any atom is 0.218 e. The Morgan fingerprint density at radius 3 is 2.78 bits per heavy atom. The predicted octanol–water partition coefficient (Wildman–Crippen LogP) is 2.87. The molecule has 94 valence electrons. The summed E-state index contributed by atoms with van der Waals surface area (Å²) in [5.74, 6) is -2.63. The van der Waals surface area contributed by atoms with Gasteiger partial charge in [0, 0.05) is 11.9 Å². The number of aromatic nitrogens is 1. The first-order chi connectivity index (χ1) is 8.54. The van der Waals surface area contributed by atoms with Crippen molar-refractivity contribution in [3.05, 3.63) is 49.9 Å². The molecule has 1 aromatic heterocycles. The Morgan fingerprint density at radius 1 is 1.44 bits per heavy atom. The number of nitrogens with two attached hydrogens (primary N) is 1. The summed E-state index contributed by atoms with van der Waals surface area (Å²) >= 11 is 4.08. The van der Waals surface area contributed by atoms with E-state index in [-0.39, 0.29) is 16.7 Å². The smallest absolute Gasteiger partial charge is 0.218 e. The fourth-order valence-electron chi connectivity index (χ4n) is 1.37. The third kappa shape index (κ3) is 2.33. The van der Waals surface area contributed by atoms with Crippen molar-refractivity contribution in [2.45, 2.75) is 6.54 Å². The molecule has 0 aliphatic carbocycles. The summed E-state index contributed by atoms with van der Waals surface area (Å²) in [5.41, 5.74) is 4.75. The summed E-state index contributed by atoms with van der Waals surface area (Å²) in [6, 6.07) is 2.23. The summed E-state index contributed by atoms with van der Waals surface area (Å²) in [4.78, 5) is 15.9. The van der Waals surface area contributed by atoms with E-state index in [0.29, 0.717) is 5.01 Å². The predicted molar refractivity (Wildman–Crippen MR) is 67.5 cm³/mol. The second kappa shape index (κ2) is 5.21. The van der Waals surface area contributed by atoms with Crippen LogP contribution in [-0.4, -0.2) is 10.8 Å². The third-order valence-corrected chi connectivity index (χ3v) is 3.71. The van der Waals surface area contributed by atoms with Crippen LogP contribution in [0, 0.1) is 11.6 Å². The molecule has 0 spiro atoms. The monoisotopic (exact) mass is 332 g/mol. The summed E-state index contributed by atoms with van der Waals surface area (Å²) in [7, 11) is 0. The Kier molecular flexibility index (Phi) is 3.84. The molecule has 0 atom stereocenters. The minimum absolute atomic E-state index is 0.00338. The van der Waals surface area contributed by atoms with Crippen molar-refractivity contribution in [1.29, 1.82) is 0 Å². The summed E-state index contributed by atoms with van der Waals surface area (Å²) in [6.07, 6.45) is 0. The largest absolute Gasteiger partial charge is 0.325 e. The van der Waals surface area contributed by atoms with Crippen LogP contribution in [0.25, 0.3) is 0 Å². The Balaban J connectivity index is 2.49. The number of benzene rings is 1. The first-order valence-corrected chi connectivity index (χ1v) is 6.54. The molecule has 18 heavy (non-hydrogen) atoms. The van der Waals surface area contributed by atoms with Crippen LogP contribution in [-0.2, 0) is 6.54 Å². The average molecular weight is 333 g/mol. The van der Waals surface area contributed by atoms with E-state index >= 15 is 0 Å². The minimum Gasteiger partial charge on any atom is -0.325 e. The number of nitrogens with zero attached hydrogens (tertiary/aromatic N) is 1. The third-order valence-electron chi connectivity index (χ3n) is 2.23. The highest BCUT2D eigenvalue weighted by molar-refractivity contribution is 9.10. The number of carbonyl (C=O) groups is 1. The fourth-order valence-corrected chi connectivity index (χ4v) is 2.36. The van der Waals surface area contributed by atoms with Crippen molar-refractivity contribution >= 4 is 33.0 Å². The summed E-state index contributed by atoms with van der Waals surface area (Å²) < 4.78 is 27.3. The first-order valence-electron chi connectivity index (χ1n) is 4.87. The number of halogens is 3. The van der Waals surface area contributed by atoms with Gasteiger partial charge in [0.15, 0.2) is 5.82 Å². The highest BCUT2D eigenvalue weighted by Crippen LogP contribution is 2.24. The van der Waals surface area contributed by atoms with E-state index in [2.05, 4.69) is 20.9 Å². The van der Waals surface area contributed by atoms with E-state index in [4.69, 9.17) is 5.73 Å². The van der Waals surface area contributed by atoms with E-state index in [9.17, 15) is 13.6 Å². The van der Waals surface area contributed by atoms with Gasteiger partial charge in [-0.2, -0.15) is 0 Å². The molecule has 2 N–H and O–H groups in total. The number of thiazole rings is 1. The zero-order chi connectivity index (χ0) is 13.3. The van der Waals surface area contributed by atoms with E-state index in [1.54, 1.807) is 0 Å². The molecule has 2 rings (SSSR count). The molecule has 2 aromatic rings. The Hall–Kier alpha value is -1.18. The van der Waals surface area contributed by atoms with Crippen LogP contribution in [0.15, 0.2) is 22.0 Å². The molecular formula is C11H7BrF2N2OS. The number of hydrogen-bond donors (Lipinski definition) is 1. The molecule has 0 bridgehead atoms. The van der Waals surface area contributed by atoms with E-state index in [0.717, 1.165) is 6.07 Å². The second-order valence-electron chi connectivity index (χ2n) is 3.38. The van der Waals surface area contributed by atoms with Gasteiger partial charge in [-0.15, -0.1) is 11.3 Å². The van der Waals surface area contributed by atoms with Crippen LogP contribution in [0.1, 0.15) is 21.1 Å². The van der Waals surface area contributed by atoms with Crippen molar-refractivity contribution in [3.63, 3.8) is 0 Å². The number of hydrogen-bond acceptors (Lipinski definition) is 4. The molecule has 0 saturated heterocycles. The van der Waals surface area contributed by atoms with E-state index in [1.807, 2.05) is 0 Å². The normalized spacial score (nSPS) is 10.7. The lowest BCUT2D eigenvalue weighted by atomic mass is 10.1. The van der Waals surface area contributed by atoms with Crippen LogP contribution >= 0.6 is 27.3 Å². The van der Waals surface area contributed by atoms with E-state index < -0.39 is 23.0 Å². The molecule has 0 amide bonds.